The molecule has 2 atom stereocenters. The molecule has 3 N–H and O–H groups in total. The van der Waals surface area contributed by atoms with Crippen molar-refractivity contribution < 1.29 is 38.5 Å². The number of ether oxygens (including phenoxy) is 3. The van der Waals surface area contributed by atoms with Gasteiger partial charge < -0.3 is 25.1 Å². The van der Waals surface area contributed by atoms with Crippen molar-refractivity contribution in [1.82, 2.24) is 0 Å². The highest BCUT2D eigenvalue weighted by atomic mass is 16.6. The minimum Gasteiger partial charge on any atom is -0.480 e. The van der Waals surface area contributed by atoms with Crippen LogP contribution in [-0.4, -0.2) is 40.6 Å². The van der Waals surface area contributed by atoms with Crippen molar-refractivity contribution in [2.24, 2.45) is 16.6 Å². The van der Waals surface area contributed by atoms with Gasteiger partial charge in [-0.2, -0.15) is 0 Å². The maximum atomic E-state index is 12.5. The molecule has 0 spiro atoms. The van der Waals surface area contributed by atoms with Gasteiger partial charge in [0.05, 0.1) is 10.8 Å². The summed E-state index contributed by atoms with van der Waals surface area (Å²) in [7, 11) is 0. The quantitative estimate of drug-likeness (QED) is 0.401. The topological polar surface area (TPSA) is 142 Å². The van der Waals surface area contributed by atoms with Crippen molar-refractivity contribution in [1.29, 1.82) is 0 Å². The monoisotopic (exact) mass is 479 g/mol. The number of rotatable bonds is 9. The maximum Gasteiger partial charge on any atom is 0.324 e. The molecule has 1 aromatic carbocycles. The molecule has 1 aromatic rings. The Bertz CT molecular complexity index is 926. The molecule has 0 amide bonds. The number of aliphatic carboxylic acids is 1. The summed E-state index contributed by atoms with van der Waals surface area (Å²) in [6.07, 6.45) is -0.846. The van der Waals surface area contributed by atoms with Gasteiger partial charge in [-0.25, -0.2) is 0 Å². The smallest absolute Gasteiger partial charge is 0.324 e. The van der Waals surface area contributed by atoms with E-state index < -0.39 is 46.4 Å². The summed E-state index contributed by atoms with van der Waals surface area (Å²) in [5, 5.41) is 9.80. The average molecular weight is 480 g/mol. The van der Waals surface area contributed by atoms with Gasteiger partial charge in [0.15, 0.2) is 11.5 Å². The normalized spacial score (nSPS) is 14.5. The van der Waals surface area contributed by atoms with E-state index >= 15 is 0 Å². The number of hydrogen-bond donors (Lipinski definition) is 2. The van der Waals surface area contributed by atoms with Crippen molar-refractivity contribution in [3.8, 4) is 11.5 Å². The Morgan fingerprint density at radius 1 is 0.941 bits per heavy atom. The predicted octanol–water partition coefficient (Wildman–Crippen LogP) is 3.65. The van der Waals surface area contributed by atoms with Crippen LogP contribution in [0.2, 0.25) is 0 Å². The number of carbonyl (C=O) groups is 4. The van der Waals surface area contributed by atoms with E-state index in [0.29, 0.717) is 5.56 Å². The zero-order valence-corrected chi connectivity index (χ0v) is 21.3. The number of carbonyl (C=O) groups excluding carboxylic acids is 3. The third kappa shape index (κ3) is 8.44. The highest BCUT2D eigenvalue weighted by Gasteiger charge is 2.37. The fourth-order valence-electron chi connectivity index (χ4n) is 2.79. The fraction of sp³-hybridized carbons (Fsp3) is 0.600. The summed E-state index contributed by atoms with van der Waals surface area (Å²) < 4.78 is 16.2. The minimum atomic E-state index is -1.76. The van der Waals surface area contributed by atoms with Crippen molar-refractivity contribution in [2.75, 3.05) is 0 Å². The third-order valence-electron chi connectivity index (χ3n) is 4.86. The molecule has 0 aliphatic carbocycles. The standard InChI is InChI=1S/C25H37NO8/c1-9-19(27)32-15(2)13-25(26,20(28)29)14-16-10-11-17(33-21(30)23(3,4)5)18(12-16)34-22(31)24(6,7)8/h10-12,15H,9,13-14,26H2,1-8H3,(H,28,29)/t15-,25?/m0/s1. The van der Waals surface area contributed by atoms with Gasteiger partial charge in [-0.15, -0.1) is 0 Å². The molecule has 1 rings (SSSR count). The second kappa shape index (κ2) is 11.0. The fourth-order valence-corrected chi connectivity index (χ4v) is 2.79. The molecule has 0 aromatic heterocycles. The van der Waals surface area contributed by atoms with Crippen molar-refractivity contribution in [3.63, 3.8) is 0 Å². The van der Waals surface area contributed by atoms with Gasteiger partial charge in [0.2, 0.25) is 0 Å². The van der Waals surface area contributed by atoms with Crippen LogP contribution in [0.3, 0.4) is 0 Å². The molecule has 0 aliphatic heterocycles. The van der Waals surface area contributed by atoms with Crippen LogP contribution in [0.25, 0.3) is 0 Å². The average Bonchev–Trinajstić information content (AvgIpc) is 2.67. The van der Waals surface area contributed by atoms with Crippen molar-refractivity contribution in [2.45, 2.75) is 86.3 Å². The zero-order valence-electron chi connectivity index (χ0n) is 21.3. The molecular formula is C25H37NO8. The van der Waals surface area contributed by atoms with Crippen LogP contribution in [0.5, 0.6) is 11.5 Å². The first-order valence-corrected chi connectivity index (χ1v) is 11.2. The van der Waals surface area contributed by atoms with Gasteiger partial charge in [0, 0.05) is 19.3 Å². The molecule has 9 heteroatoms. The summed E-state index contributed by atoms with van der Waals surface area (Å²) in [5.41, 5.74) is 3.24. The largest absolute Gasteiger partial charge is 0.480 e. The van der Waals surface area contributed by atoms with E-state index in [0.717, 1.165) is 0 Å². The van der Waals surface area contributed by atoms with Gasteiger partial charge in [-0.3, -0.25) is 19.2 Å². The molecule has 0 radical (unpaired) electrons. The molecule has 0 fully saturated rings. The Morgan fingerprint density at radius 2 is 1.44 bits per heavy atom. The van der Waals surface area contributed by atoms with E-state index in [1.165, 1.54) is 12.1 Å². The van der Waals surface area contributed by atoms with Gasteiger partial charge in [0.25, 0.3) is 0 Å². The van der Waals surface area contributed by atoms with Crippen LogP contribution in [0.1, 0.15) is 73.8 Å². The van der Waals surface area contributed by atoms with Crippen LogP contribution in [0, 0.1) is 10.8 Å². The van der Waals surface area contributed by atoms with E-state index in [2.05, 4.69) is 0 Å². The second-order valence-corrected chi connectivity index (χ2v) is 10.6. The van der Waals surface area contributed by atoms with E-state index in [9.17, 15) is 24.3 Å². The Labute approximate surface area is 200 Å². The minimum absolute atomic E-state index is 0.0202. The molecule has 1 unspecified atom stereocenters. The van der Waals surface area contributed by atoms with E-state index in [1.807, 2.05) is 0 Å². The molecule has 0 saturated carbocycles. The first kappa shape index (κ1) is 29.1. The number of hydrogen-bond acceptors (Lipinski definition) is 8. The molecule has 34 heavy (non-hydrogen) atoms. The van der Waals surface area contributed by atoms with Crippen LogP contribution >= 0.6 is 0 Å². The molecule has 0 bridgehead atoms. The van der Waals surface area contributed by atoms with Crippen LogP contribution in [0.15, 0.2) is 18.2 Å². The van der Waals surface area contributed by atoms with E-state index in [-0.39, 0.29) is 30.8 Å². The first-order valence-electron chi connectivity index (χ1n) is 11.2. The molecule has 0 saturated heterocycles. The lowest BCUT2D eigenvalue weighted by Crippen LogP contribution is -2.52. The molecule has 0 aliphatic rings. The summed E-state index contributed by atoms with van der Waals surface area (Å²) in [6, 6.07) is 4.42. The first-order chi connectivity index (χ1) is 15.4. The lowest BCUT2D eigenvalue weighted by Gasteiger charge is -2.28. The summed E-state index contributed by atoms with van der Waals surface area (Å²) in [5.74, 6) is -2.81. The number of carboxylic acids is 1. The van der Waals surface area contributed by atoms with E-state index in [1.54, 1.807) is 61.5 Å². The zero-order chi connectivity index (χ0) is 26.5. The second-order valence-electron chi connectivity index (χ2n) is 10.6. The molecule has 0 heterocycles. The molecule has 9 nitrogen and oxygen atoms in total. The van der Waals surface area contributed by atoms with Gasteiger partial charge >= 0.3 is 23.9 Å². The number of nitrogens with two attached hydrogens (primary N) is 1. The molecular weight excluding hydrogens is 442 g/mol. The number of carboxylic acid groups (broad SMARTS) is 1. The Hall–Kier alpha value is -2.94. The van der Waals surface area contributed by atoms with Crippen LogP contribution in [0.4, 0.5) is 0 Å². The lowest BCUT2D eigenvalue weighted by molar-refractivity contribution is -0.153. The molecule has 190 valence electrons. The van der Waals surface area contributed by atoms with Gasteiger partial charge in [0.1, 0.15) is 11.6 Å². The van der Waals surface area contributed by atoms with Crippen molar-refractivity contribution in [3.05, 3.63) is 23.8 Å². The van der Waals surface area contributed by atoms with Crippen molar-refractivity contribution >= 4 is 23.9 Å². The summed E-state index contributed by atoms with van der Waals surface area (Å²) in [6.45, 7) is 13.3. The van der Waals surface area contributed by atoms with Gasteiger partial charge in [-0.05, 0) is 66.2 Å². The number of esters is 3. The Kier molecular flexibility index (Phi) is 9.40. The lowest BCUT2D eigenvalue weighted by atomic mass is 9.86. The number of benzene rings is 1. The predicted molar refractivity (Wildman–Crippen MR) is 125 cm³/mol. The highest BCUT2D eigenvalue weighted by Crippen LogP contribution is 2.34. The van der Waals surface area contributed by atoms with Crippen LogP contribution < -0.4 is 15.2 Å². The Balaban J connectivity index is 3.32. The SMILES string of the molecule is CCC(=O)O[C@@H](C)CC(N)(Cc1ccc(OC(=O)C(C)(C)C)c(OC(=O)C(C)(C)C)c1)C(=O)O. The summed E-state index contributed by atoms with van der Waals surface area (Å²) >= 11 is 0. The van der Waals surface area contributed by atoms with Crippen LogP contribution in [-0.2, 0) is 30.3 Å². The van der Waals surface area contributed by atoms with Gasteiger partial charge in [-0.1, -0.05) is 13.0 Å². The summed E-state index contributed by atoms with van der Waals surface area (Å²) in [4.78, 5) is 48.5. The van der Waals surface area contributed by atoms with E-state index in [4.69, 9.17) is 19.9 Å². The maximum absolute atomic E-state index is 12.5. The Morgan fingerprint density at radius 3 is 1.88 bits per heavy atom. The highest BCUT2D eigenvalue weighted by molar-refractivity contribution is 5.82. The third-order valence-corrected chi connectivity index (χ3v) is 4.86.